The van der Waals surface area contributed by atoms with E-state index in [2.05, 4.69) is 21.0 Å². The van der Waals surface area contributed by atoms with Crippen molar-refractivity contribution >= 4 is 40.8 Å². The monoisotopic (exact) mass is 601 g/mol. The van der Waals surface area contributed by atoms with Gasteiger partial charge in [-0.2, -0.15) is 0 Å². The largest absolute Gasteiger partial charge is 0.399 e. The third-order valence-corrected chi connectivity index (χ3v) is 6.56. The summed E-state index contributed by atoms with van der Waals surface area (Å²) >= 11 is 6.62. The van der Waals surface area contributed by atoms with Gasteiger partial charge in [-0.15, -0.1) is 0 Å². The second kappa shape index (κ2) is 13.6. The van der Waals surface area contributed by atoms with Crippen LogP contribution in [-0.4, -0.2) is 46.3 Å². The molecule has 0 fully saturated rings. The number of rotatable bonds is 11. The Bertz CT molecular complexity index is 1700. The first-order chi connectivity index (χ1) is 20.5. The van der Waals surface area contributed by atoms with Crippen molar-refractivity contribution in [3.63, 3.8) is 0 Å². The smallest absolute Gasteiger partial charge is 0.295 e. The normalized spacial score (nSPS) is 10.8. The molecule has 222 valence electrons. The molecule has 1 heterocycles. The molecule has 0 atom stereocenters. The maximum atomic E-state index is 13.6. The molecule has 13 heteroatoms. The van der Waals surface area contributed by atoms with Crippen molar-refractivity contribution in [2.45, 2.75) is 19.6 Å². The van der Waals surface area contributed by atoms with E-state index in [-0.39, 0.29) is 46.2 Å². The fourth-order valence-corrected chi connectivity index (χ4v) is 4.55. The molecule has 0 unspecified atom stereocenters. The van der Waals surface area contributed by atoms with Gasteiger partial charge >= 0.3 is 0 Å². The molecule has 12 nitrogen and oxygen atoms in total. The van der Waals surface area contributed by atoms with E-state index in [1.807, 2.05) is 30.3 Å². The second-order valence-corrected chi connectivity index (χ2v) is 10.3. The molecule has 1 aromatic heterocycles. The van der Waals surface area contributed by atoms with Crippen LogP contribution in [0.1, 0.15) is 27.0 Å². The van der Waals surface area contributed by atoms with Crippen LogP contribution in [0, 0.1) is 5.41 Å². The predicted molar refractivity (Wildman–Crippen MR) is 168 cm³/mol. The molecular formula is C30H32ClN9O3. The van der Waals surface area contributed by atoms with Crippen molar-refractivity contribution in [2.24, 2.45) is 5.73 Å². The SMILES string of the molecule is CN(C)Nc1nc(Cl)c(-c2cc(N)cc(C(=O)NCc3ccccc3)c2)n(CC(=O)NCc2ccc(C(=N)N)cc2)c1=O. The zero-order valence-electron chi connectivity index (χ0n) is 23.6. The van der Waals surface area contributed by atoms with E-state index in [0.717, 1.165) is 11.1 Å². The minimum absolute atomic E-state index is 0.0578. The standard InChI is InChI=1S/C30H32ClN9O3/c1-39(2)38-28-30(43)40(17-24(41)35-15-19-8-10-20(11-9-19)27(33)34)25(26(31)37-28)21-12-22(14-23(32)13-21)29(42)36-16-18-6-4-3-5-7-18/h3-14H,15-17,32H2,1-2H3,(H3,33,34)(H,35,41)(H,36,42)(H,37,38). The van der Waals surface area contributed by atoms with Crippen molar-refractivity contribution in [3.8, 4) is 11.3 Å². The number of hydrogen-bond donors (Lipinski definition) is 6. The summed E-state index contributed by atoms with van der Waals surface area (Å²) in [5, 5.41) is 14.6. The number of nitrogens with zero attached hydrogens (tertiary/aromatic N) is 3. The number of nitrogens with one attached hydrogen (secondary N) is 4. The van der Waals surface area contributed by atoms with Crippen LogP contribution in [-0.2, 0) is 24.4 Å². The quantitative estimate of drug-likeness (QED) is 0.0655. The average molecular weight is 602 g/mol. The first-order valence-corrected chi connectivity index (χ1v) is 13.6. The average Bonchev–Trinajstić information content (AvgIpc) is 2.97. The Hall–Kier alpha value is -5.20. The molecule has 43 heavy (non-hydrogen) atoms. The lowest BCUT2D eigenvalue weighted by molar-refractivity contribution is -0.121. The highest BCUT2D eigenvalue weighted by atomic mass is 35.5. The zero-order chi connectivity index (χ0) is 31.1. The van der Waals surface area contributed by atoms with Crippen LogP contribution in [0.2, 0.25) is 5.15 Å². The highest BCUT2D eigenvalue weighted by Gasteiger charge is 2.21. The second-order valence-electron chi connectivity index (χ2n) is 9.90. The molecule has 0 saturated carbocycles. The summed E-state index contributed by atoms with van der Waals surface area (Å²) in [7, 11) is 3.35. The van der Waals surface area contributed by atoms with Crippen LogP contribution in [0.15, 0.2) is 77.6 Å². The molecule has 4 rings (SSSR count). The highest BCUT2D eigenvalue weighted by molar-refractivity contribution is 6.32. The lowest BCUT2D eigenvalue weighted by Crippen LogP contribution is -2.36. The van der Waals surface area contributed by atoms with E-state index in [9.17, 15) is 14.4 Å². The van der Waals surface area contributed by atoms with Crippen LogP contribution in [0.25, 0.3) is 11.3 Å². The third-order valence-electron chi connectivity index (χ3n) is 6.30. The van der Waals surface area contributed by atoms with Gasteiger partial charge in [0.2, 0.25) is 11.7 Å². The van der Waals surface area contributed by atoms with Gasteiger partial charge in [0, 0.05) is 49.6 Å². The Morgan fingerprint density at radius 2 is 1.60 bits per heavy atom. The molecular weight excluding hydrogens is 570 g/mol. The van der Waals surface area contributed by atoms with E-state index >= 15 is 0 Å². The van der Waals surface area contributed by atoms with E-state index < -0.39 is 18.0 Å². The number of halogens is 1. The fourth-order valence-electron chi connectivity index (χ4n) is 4.25. The number of carbonyl (C=O) groups excluding carboxylic acids is 2. The number of anilines is 2. The van der Waals surface area contributed by atoms with E-state index in [0.29, 0.717) is 17.7 Å². The number of benzene rings is 3. The number of nitrogen functional groups attached to an aromatic ring is 2. The third kappa shape index (κ3) is 7.97. The topological polar surface area (TPSA) is 184 Å². The zero-order valence-corrected chi connectivity index (χ0v) is 24.4. The summed E-state index contributed by atoms with van der Waals surface area (Å²) in [5.41, 5.74) is 17.1. The van der Waals surface area contributed by atoms with Crippen molar-refractivity contribution in [1.29, 1.82) is 5.41 Å². The van der Waals surface area contributed by atoms with Gasteiger partial charge in [-0.05, 0) is 29.3 Å². The number of nitrogens with two attached hydrogens (primary N) is 2. The summed E-state index contributed by atoms with van der Waals surface area (Å²) in [5.74, 6) is -0.995. The molecule has 0 aliphatic rings. The van der Waals surface area contributed by atoms with Crippen LogP contribution >= 0.6 is 11.6 Å². The van der Waals surface area contributed by atoms with Gasteiger partial charge in [0.05, 0.1) is 5.69 Å². The number of hydrogen-bond acceptors (Lipinski definition) is 8. The van der Waals surface area contributed by atoms with Crippen LogP contribution in [0.5, 0.6) is 0 Å². The van der Waals surface area contributed by atoms with Crippen LogP contribution < -0.4 is 33.1 Å². The number of amidine groups is 1. The number of hydrazine groups is 1. The minimum Gasteiger partial charge on any atom is -0.399 e. The Morgan fingerprint density at radius 1 is 0.953 bits per heavy atom. The fraction of sp³-hybridized carbons (Fsp3) is 0.167. The Balaban J connectivity index is 1.65. The van der Waals surface area contributed by atoms with Crippen molar-refractivity contribution < 1.29 is 9.59 Å². The van der Waals surface area contributed by atoms with Gasteiger partial charge < -0.3 is 22.1 Å². The summed E-state index contributed by atoms with van der Waals surface area (Å²) in [6.45, 7) is 0.0838. The van der Waals surface area contributed by atoms with Crippen molar-refractivity contribution in [3.05, 3.63) is 111 Å². The maximum Gasteiger partial charge on any atom is 0.295 e. The number of carbonyl (C=O) groups is 2. The highest BCUT2D eigenvalue weighted by Crippen LogP contribution is 2.29. The lowest BCUT2D eigenvalue weighted by atomic mass is 10.1. The van der Waals surface area contributed by atoms with Crippen LogP contribution in [0.3, 0.4) is 0 Å². The molecule has 0 bridgehead atoms. The number of aromatic nitrogens is 2. The Labute approximate surface area is 253 Å². The molecule has 0 saturated heterocycles. The molecule has 0 aliphatic heterocycles. The summed E-state index contributed by atoms with van der Waals surface area (Å²) in [6.07, 6.45) is 0. The molecule has 3 aromatic carbocycles. The van der Waals surface area contributed by atoms with Crippen molar-refractivity contribution in [1.82, 2.24) is 25.2 Å². The molecule has 2 amide bonds. The van der Waals surface area contributed by atoms with Gasteiger partial charge in [-0.3, -0.25) is 29.8 Å². The van der Waals surface area contributed by atoms with E-state index in [1.165, 1.54) is 15.6 Å². The van der Waals surface area contributed by atoms with Gasteiger partial charge in [0.1, 0.15) is 12.4 Å². The molecule has 8 N–H and O–H groups in total. The van der Waals surface area contributed by atoms with E-state index in [1.54, 1.807) is 50.5 Å². The van der Waals surface area contributed by atoms with Crippen molar-refractivity contribution in [2.75, 3.05) is 25.3 Å². The van der Waals surface area contributed by atoms with Gasteiger partial charge in [0.15, 0.2) is 5.15 Å². The van der Waals surface area contributed by atoms with Gasteiger partial charge in [0.25, 0.3) is 11.5 Å². The first kappa shape index (κ1) is 30.8. The predicted octanol–water partition coefficient (Wildman–Crippen LogP) is 2.56. The van der Waals surface area contributed by atoms with Gasteiger partial charge in [-0.1, -0.05) is 66.2 Å². The summed E-state index contributed by atoms with van der Waals surface area (Å²) < 4.78 is 1.19. The van der Waals surface area contributed by atoms with Crippen LogP contribution in [0.4, 0.5) is 11.5 Å². The molecule has 0 radical (unpaired) electrons. The van der Waals surface area contributed by atoms with E-state index in [4.69, 9.17) is 28.5 Å². The minimum atomic E-state index is -0.605. The Kier molecular flexibility index (Phi) is 9.76. The molecule has 0 aliphatic carbocycles. The summed E-state index contributed by atoms with van der Waals surface area (Å²) in [4.78, 5) is 43.9. The maximum absolute atomic E-state index is 13.6. The lowest BCUT2D eigenvalue weighted by Gasteiger charge is -2.19. The Morgan fingerprint density at radius 3 is 2.26 bits per heavy atom. The molecule has 4 aromatic rings. The summed E-state index contributed by atoms with van der Waals surface area (Å²) in [6, 6.07) is 20.9. The first-order valence-electron chi connectivity index (χ1n) is 13.2. The number of amides is 2. The van der Waals surface area contributed by atoms with Gasteiger partial charge in [-0.25, -0.2) is 9.99 Å². The molecule has 0 spiro atoms.